The standard InChI is InChI=1S/C54H34N2S/c1-2-11-40(12-3-1)55-49-18-8-5-15-46(49)54-42(16-10-19-50(54)55)39-27-31-44-43-13-4-7-17-48(43)56(51(44)34-39)41-29-25-36(26-30-41)35-21-23-37(24-22-35)38-28-32-53-47(33-38)45-14-6-9-20-52(45)57-53/h1-34H. The second-order valence-electron chi connectivity index (χ2n) is 14.9. The molecular formula is C54H34N2S. The molecule has 0 spiro atoms. The molecule has 2 nitrogen and oxygen atoms in total. The molecule has 0 saturated carbocycles. The van der Waals surface area contributed by atoms with E-state index in [0.717, 1.165) is 5.69 Å². The van der Waals surface area contributed by atoms with Gasteiger partial charge >= 0.3 is 0 Å². The maximum Gasteiger partial charge on any atom is 0.0547 e. The lowest BCUT2D eigenvalue weighted by Gasteiger charge is -2.12. The number of hydrogen-bond acceptors (Lipinski definition) is 1. The SMILES string of the molecule is c1ccc(-n2c3ccccc3c3c(-c4ccc5c6ccccc6n(-c6ccc(-c7ccc(-c8ccc9sc%10ccccc%10c9c8)cc7)cc6)c5c4)cccc32)cc1. The van der Waals surface area contributed by atoms with Gasteiger partial charge in [0.05, 0.1) is 22.1 Å². The third kappa shape index (κ3) is 5.03. The van der Waals surface area contributed by atoms with E-state index in [2.05, 4.69) is 215 Å². The third-order valence-electron chi connectivity index (χ3n) is 11.8. The quantitative estimate of drug-likeness (QED) is 0.166. The van der Waals surface area contributed by atoms with E-state index in [0.29, 0.717) is 0 Å². The first-order valence-corrected chi connectivity index (χ1v) is 20.3. The van der Waals surface area contributed by atoms with E-state index < -0.39 is 0 Å². The van der Waals surface area contributed by atoms with Crippen molar-refractivity contribution in [3.63, 3.8) is 0 Å². The molecule has 0 saturated heterocycles. The van der Waals surface area contributed by atoms with Gasteiger partial charge in [0.15, 0.2) is 0 Å². The van der Waals surface area contributed by atoms with Crippen LogP contribution in [0.5, 0.6) is 0 Å². The van der Waals surface area contributed by atoms with E-state index in [4.69, 9.17) is 0 Å². The lowest BCUT2D eigenvalue weighted by molar-refractivity contribution is 1.18. The molecule has 9 aromatic carbocycles. The molecule has 3 aromatic heterocycles. The fourth-order valence-corrected chi connectivity index (χ4v) is 10.2. The summed E-state index contributed by atoms with van der Waals surface area (Å²) in [6.07, 6.45) is 0. The summed E-state index contributed by atoms with van der Waals surface area (Å²) in [7, 11) is 0. The highest BCUT2D eigenvalue weighted by molar-refractivity contribution is 7.25. The minimum Gasteiger partial charge on any atom is -0.309 e. The molecule has 0 radical (unpaired) electrons. The van der Waals surface area contributed by atoms with Crippen LogP contribution in [0.25, 0.3) is 109 Å². The van der Waals surface area contributed by atoms with Crippen LogP contribution < -0.4 is 0 Å². The van der Waals surface area contributed by atoms with Crippen molar-refractivity contribution >= 4 is 75.1 Å². The summed E-state index contributed by atoms with van der Waals surface area (Å²) in [6, 6.07) is 75.6. The Labute approximate surface area is 333 Å². The predicted octanol–water partition coefficient (Wildman–Crippen LogP) is 15.2. The lowest BCUT2D eigenvalue weighted by atomic mass is 9.98. The molecule has 0 fully saturated rings. The first-order chi connectivity index (χ1) is 28.3. The Morgan fingerprint density at radius 3 is 1.60 bits per heavy atom. The van der Waals surface area contributed by atoms with E-state index in [1.807, 2.05) is 11.3 Å². The van der Waals surface area contributed by atoms with Crippen molar-refractivity contribution in [1.82, 2.24) is 9.13 Å². The Morgan fingerprint density at radius 1 is 0.281 bits per heavy atom. The van der Waals surface area contributed by atoms with Gasteiger partial charge in [0.1, 0.15) is 0 Å². The molecule has 3 heterocycles. The molecule has 0 aliphatic heterocycles. The number of para-hydroxylation sites is 3. The van der Waals surface area contributed by atoms with Crippen LogP contribution in [0.3, 0.4) is 0 Å². The monoisotopic (exact) mass is 742 g/mol. The number of hydrogen-bond donors (Lipinski definition) is 0. The normalized spacial score (nSPS) is 11.9. The predicted molar refractivity (Wildman–Crippen MR) is 244 cm³/mol. The van der Waals surface area contributed by atoms with Crippen LogP contribution >= 0.6 is 11.3 Å². The molecule has 266 valence electrons. The maximum atomic E-state index is 2.43. The van der Waals surface area contributed by atoms with Gasteiger partial charge in [-0.1, -0.05) is 140 Å². The molecule has 0 amide bonds. The van der Waals surface area contributed by atoms with Crippen LogP contribution in [0.4, 0.5) is 0 Å². The minimum atomic E-state index is 1.15. The van der Waals surface area contributed by atoms with Crippen LogP contribution in [0.15, 0.2) is 206 Å². The van der Waals surface area contributed by atoms with Gasteiger partial charge in [-0.25, -0.2) is 0 Å². The lowest BCUT2D eigenvalue weighted by Crippen LogP contribution is -1.94. The van der Waals surface area contributed by atoms with Crippen molar-refractivity contribution in [2.75, 3.05) is 0 Å². The first kappa shape index (κ1) is 32.1. The zero-order valence-electron chi connectivity index (χ0n) is 30.9. The Kier molecular flexibility index (Phi) is 7.13. The van der Waals surface area contributed by atoms with E-state index in [1.54, 1.807) is 0 Å². The van der Waals surface area contributed by atoms with E-state index in [-0.39, 0.29) is 0 Å². The highest BCUT2D eigenvalue weighted by Gasteiger charge is 2.18. The van der Waals surface area contributed by atoms with Crippen LogP contribution in [-0.2, 0) is 0 Å². The summed E-state index contributed by atoms with van der Waals surface area (Å²) < 4.78 is 7.50. The molecule has 12 aromatic rings. The molecule has 3 heteroatoms. The van der Waals surface area contributed by atoms with Gasteiger partial charge in [-0.3, -0.25) is 0 Å². The largest absolute Gasteiger partial charge is 0.309 e. The Balaban J connectivity index is 0.944. The van der Waals surface area contributed by atoms with Crippen LogP contribution in [-0.4, -0.2) is 9.13 Å². The summed E-state index contributed by atoms with van der Waals surface area (Å²) in [5.74, 6) is 0. The molecule has 0 aliphatic carbocycles. The average molecular weight is 743 g/mol. The zero-order valence-corrected chi connectivity index (χ0v) is 31.7. The molecule has 0 bridgehead atoms. The third-order valence-corrected chi connectivity index (χ3v) is 12.9. The van der Waals surface area contributed by atoms with Crippen molar-refractivity contribution in [1.29, 1.82) is 0 Å². The Bertz CT molecular complexity index is 3490. The van der Waals surface area contributed by atoms with Gasteiger partial charge in [-0.05, 0) is 100 Å². The van der Waals surface area contributed by atoms with Crippen LogP contribution in [0, 0.1) is 0 Å². The Morgan fingerprint density at radius 2 is 0.807 bits per heavy atom. The molecule has 0 N–H and O–H groups in total. The number of rotatable bonds is 5. The first-order valence-electron chi connectivity index (χ1n) is 19.5. The maximum absolute atomic E-state index is 2.43. The molecule has 0 aliphatic rings. The zero-order chi connectivity index (χ0) is 37.5. The van der Waals surface area contributed by atoms with Crippen molar-refractivity contribution in [3.8, 4) is 44.8 Å². The van der Waals surface area contributed by atoms with Crippen molar-refractivity contribution in [3.05, 3.63) is 206 Å². The van der Waals surface area contributed by atoms with Gasteiger partial charge in [0.2, 0.25) is 0 Å². The minimum absolute atomic E-state index is 1.15. The second-order valence-corrected chi connectivity index (χ2v) is 16.0. The summed E-state index contributed by atoms with van der Waals surface area (Å²) >= 11 is 1.86. The van der Waals surface area contributed by atoms with Crippen molar-refractivity contribution in [2.45, 2.75) is 0 Å². The van der Waals surface area contributed by atoms with Gasteiger partial charge in [-0.15, -0.1) is 11.3 Å². The molecule has 0 atom stereocenters. The second kappa shape index (κ2) is 12.7. The molecule has 12 rings (SSSR count). The van der Waals surface area contributed by atoms with Gasteiger partial charge in [-0.2, -0.15) is 0 Å². The van der Waals surface area contributed by atoms with E-state index >= 15 is 0 Å². The molecular weight excluding hydrogens is 709 g/mol. The van der Waals surface area contributed by atoms with Crippen LogP contribution in [0.1, 0.15) is 0 Å². The summed E-state index contributed by atoms with van der Waals surface area (Å²) in [6.45, 7) is 0. The fraction of sp³-hybridized carbons (Fsp3) is 0. The number of nitrogens with zero attached hydrogens (tertiary/aromatic N) is 2. The van der Waals surface area contributed by atoms with Crippen molar-refractivity contribution in [2.24, 2.45) is 0 Å². The topological polar surface area (TPSA) is 9.86 Å². The summed E-state index contributed by atoms with van der Waals surface area (Å²) in [5, 5.41) is 7.70. The van der Waals surface area contributed by atoms with E-state index in [1.165, 1.54) is 103 Å². The van der Waals surface area contributed by atoms with E-state index in [9.17, 15) is 0 Å². The summed E-state index contributed by atoms with van der Waals surface area (Å²) in [4.78, 5) is 0. The van der Waals surface area contributed by atoms with Crippen molar-refractivity contribution < 1.29 is 0 Å². The number of thiophene rings is 1. The summed E-state index contributed by atoms with van der Waals surface area (Å²) in [5.41, 5.74) is 14.5. The highest BCUT2D eigenvalue weighted by atomic mass is 32.1. The van der Waals surface area contributed by atoms with Crippen LogP contribution in [0.2, 0.25) is 0 Å². The molecule has 57 heavy (non-hydrogen) atoms. The highest BCUT2D eigenvalue weighted by Crippen LogP contribution is 2.42. The molecule has 0 unspecified atom stereocenters. The number of fused-ring (bicyclic) bond motifs is 9. The average Bonchev–Trinajstić information content (AvgIpc) is 3.94. The number of benzene rings is 9. The number of aromatic nitrogens is 2. The van der Waals surface area contributed by atoms with Gasteiger partial charge < -0.3 is 9.13 Å². The van der Waals surface area contributed by atoms with Gasteiger partial charge in [0.25, 0.3) is 0 Å². The fourth-order valence-electron chi connectivity index (χ4n) is 9.10. The Hall–Kier alpha value is -7.20. The smallest absolute Gasteiger partial charge is 0.0547 e. The van der Waals surface area contributed by atoms with Gasteiger partial charge in [0, 0.05) is 53.1 Å².